The summed E-state index contributed by atoms with van der Waals surface area (Å²) in [6, 6.07) is 0.551. The molecule has 2 fully saturated rings. The van der Waals surface area contributed by atoms with Gasteiger partial charge in [0.1, 0.15) is 0 Å². The van der Waals surface area contributed by atoms with Gasteiger partial charge in [0, 0.05) is 6.04 Å². The Balaban J connectivity index is 2.11. The molecule has 0 aliphatic heterocycles. The predicted molar refractivity (Wildman–Crippen MR) is 78.0 cm³/mol. The van der Waals surface area contributed by atoms with Gasteiger partial charge in [-0.3, -0.25) is 11.3 Å². The Morgan fingerprint density at radius 2 is 1.67 bits per heavy atom. The van der Waals surface area contributed by atoms with Gasteiger partial charge in [-0.05, 0) is 61.7 Å². The fourth-order valence-electron chi connectivity index (χ4n) is 5.06. The molecular weight excluding hydrogens is 220 g/mol. The van der Waals surface area contributed by atoms with Gasteiger partial charge in [-0.2, -0.15) is 0 Å². The van der Waals surface area contributed by atoms with Crippen molar-refractivity contribution in [2.45, 2.75) is 78.2 Å². The highest BCUT2D eigenvalue weighted by Crippen LogP contribution is 2.49. The van der Waals surface area contributed by atoms with E-state index in [1.54, 1.807) is 0 Å². The van der Waals surface area contributed by atoms with Gasteiger partial charge in [-0.25, -0.2) is 0 Å². The zero-order chi connectivity index (χ0) is 13.2. The molecule has 0 aromatic carbocycles. The Morgan fingerprint density at radius 3 is 2.11 bits per heavy atom. The fraction of sp³-hybridized carbons (Fsp3) is 1.00. The van der Waals surface area contributed by atoms with Crippen LogP contribution in [0.3, 0.4) is 0 Å². The van der Waals surface area contributed by atoms with Crippen LogP contribution in [0.5, 0.6) is 0 Å². The average molecular weight is 252 g/mol. The second kappa shape index (κ2) is 5.92. The van der Waals surface area contributed by atoms with Crippen LogP contribution in [0.1, 0.15) is 72.1 Å². The third kappa shape index (κ3) is 2.75. The van der Waals surface area contributed by atoms with Crippen molar-refractivity contribution in [3.05, 3.63) is 0 Å². The summed E-state index contributed by atoms with van der Waals surface area (Å²) in [7, 11) is 0. The second-order valence-electron chi connectivity index (χ2n) is 7.24. The zero-order valence-electron chi connectivity index (χ0n) is 12.5. The van der Waals surface area contributed by atoms with Gasteiger partial charge >= 0.3 is 0 Å². The molecule has 0 radical (unpaired) electrons. The van der Waals surface area contributed by atoms with Crippen molar-refractivity contribution in [1.82, 2.24) is 5.43 Å². The number of rotatable bonds is 4. The van der Waals surface area contributed by atoms with Crippen LogP contribution in [0.15, 0.2) is 0 Å². The van der Waals surface area contributed by atoms with Crippen molar-refractivity contribution in [3.63, 3.8) is 0 Å². The molecule has 2 saturated carbocycles. The van der Waals surface area contributed by atoms with E-state index in [0.717, 1.165) is 17.8 Å². The first kappa shape index (κ1) is 14.3. The van der Waals surface area contributed by atoms with Gasteiger partial charge in [0.2, 0.25) is 0 Å². The van der Waals surface area contributed by atoms with Crippen LogP contribution < -0.4 is 11.3 Å². The van der Waals surface area contributed by atoms with Crippen LogP contribution in [0.25, 0.3) is 0 Å². The molecule has 18 heavy (non-hydrogen) atoms. The van der Waals surface area contributed by atoms with E-state index in [1.165, 1.54) is 51.4 Å². The van der Waals surface area contributed by atoms with Gasteiger partial charge in [0.25, 0.3) is 0 Å². The Labute approximate surface area is 113 Å². The van der Waals surface area contributed by atoms with Crippen molar-refractivity contribution in [1.29, 1.82) is 0 Å². The molecule has 2 aliphatic rings. The quantitative estimate of drug-likeness (QED) is 0.589. The molecule has 0 heterocycles. The molecule has 2 heteroatoms. The summed E-state index contributed by atoms with van der Waals surface area (Å²) in [5.74, 6) is 8.54. The highest BCUT2D eigenvalue weighted by Gasteiger charge is 2.44. The van der Waals surface area contributed by atoms with Crippen molar-refractivity contribution >= 4 is 0 Å². The highest BCUT2D eigenvalue weighted by atomic mass is 15.2. The molecule has 0 aromatic heterocycles. The topological polar surface area (TPSA) is 38.0 Å². The Bertz CT molecular complexity index is 248. The molecule has 2 rings (SSSR count). The van der Waals surface area contributed by atoms with Crippen molar-refractivity contribution in [2.75, 3.05) is 0 Å². The van der Waals surface area contributed by atoms with E-state index in [4.69, 9.17) is 5.84 Å². The van der Waals surface area contributed by atoms with Crippen molar-refractivity contribution in [3.8, 4) is 0 Å². The molecule has 106 valence electrons. The first-order valence-corrected chi connectivity index (χ1v) is 8.07. The summed E-state index contributed by atoms with van der Waals surface area (Å²) >= 11 is 0. The third-order valence-electron chi connectivity index (χ3n) is 5.83. The Hall–Kier alpha value is -0.0800. The van der Waals surface area contributed by atoms with Crippen molar-refractivity contribution < 1.29 is 0 Å². The van der Waals surface area contributed by atoms with Crippen LogP contribution in [0.2, 0.25) is 0 Å². The van der Waals surface area contributed by atoms with Crippen LogP contribution in [0, 0.1) is 23.2 Å². The molecule has 0 saturated heterocycles. The number of hydrogen-bond acceptors (Lipinski definition) is 2. The highest BCUT2D eigenvalue weighted by molar-refractivity contribution is 4.98. The smallest absolute Gasteiger partial charge is 0.0295 e. The lowest BCUT2D eigenvalue weighted by Crippen LogP contribution is -2.53. The Kier molecular flexibility index (Phi) is 4.71. The van der Waals surface area contributed by atoms with E-state index < -0.39 is 0 Å². The SMILES string of the molecule is CCC1(C(NN)C2CC(C)CC(C)C2)CCCC1. The number of hydrogen-bond donors (Lipinski definition) is 2. The molecule has 0 aromatic rings. The van der Waals surface area contributed by atoms with Gasteiger partial charge in [0.05, 0.1) is 0 Å². The van der Waals surface area contributed by atoms with Gasteiger partial charge in [0.15, 0.2) is 0 Å². The Morgan fingerprint density at radius 1 is 1.11 bits per heavy atom. The minimum absolute atomic E-state index is 0.496. The molecule has 2 aliphatic carbocycles. The minimum Gasteiger partial charge on any atom is -0.271 e. The molecule has 3 N–H and O–H groups in total. The third-order valence-corrected chi connectivity index (χ3v) is 5.83. The normalized spacial score (nSPS) is 37.7. The average Bonchev–Trinajstić information content (AvgIpc) is 2.78. The molecule has 3 atom stereocenters. The van der Waals surface area contributed by atoms with Crippen LogP contribution in [-0.2, 0) is 0 Å². The van der Waals surface area contributed by atoms with E-state index in [0.29, 0.717) is 11.5 Å². The van der Waals surface area contributed by atoms with Crippen molar-refractivity contribution in [2.24, 2.45) is 29.0 Å². The van der Waals surface area contributed by atoms with Crippen LogP contribution in [-0.4, -0.2) is 6.04 Å². The summed E-state index contributed by atoms with van der Waals surface area (Å²) in [6.07, 6.45) is 11.0. The molecule has 0 amide bonds. The standard InChI is InChI=1S/C16H32N2/c1-4-16(7-5-6-8-16)15(18-17)14-10-12(2)9-13(3)11-14/h12-15,18H,4-11,17H2,1-3H3. The van der Waals surface area contributed by atoms with E-state index >= 15 is 0 Å². The van der Waals surface area contributed by atoms with E-state index in [9.17, 15) is 0 Å². The summed E-state index contributed by atoms with van der Waals surface area (Å²) in [4.78, 5) is 0. The molecule has 0 bridgehead atoms. The maximum Gasteiger partial charge on any atom is 0.0295 e. The molecular formula is C16H32N2. The molecule has 0 spiro atoms. The van der Waals surface area contributed by atoms with Crippen LogP contribution >= 0.6 is 0 Å². The first-order valence-electron chi connectivity index (χ1n) is 8.07. The number of nitrogens with two attached hydrogens (primary N) is 1. The lowest BCUT2D eigenvalue weighted by Gasteiger charge is -2.45. The summed E-state index contributed by atoms with van der Waals surface area (Å²) in [5.41, 5.74) is 3.74. The van der Waals surface area contributed by atoms with E-state index in [2.05, 4.69) is 26.2 Å². The first-order chi connectivity index (χ1) is 8.61. The summed E-state index contributed by atoms with van der Waals surface area (Å²) in [5, 5.41) is 0. The number of nitrogens with one attached hydrogen (secondary N) is 1. The van der Waals surface area contributed by atoms with Gasteiger partial charge in [-0.15, -0.1) is 0 Å². The maximum atomic E-state index is 5.99. The molecule has 2 nitrogen and oxygen atoms in total. The van der Waals surface area contributed by atoms with Gasteiger partial charge < -0.3 is 0 Å². The fourth-order valence-corrected chi connectivity index (χ4v) is 5.06. The minimum atomic E-state index is 0.496. The monoisotopic (exact) mass is 252 g/mol. The van der Waals surface area contributed by atoms with E-state index in [-0.39, 0.29) is 0 Å². The summed E-state index contributed by atoms with van der Waals surface area (Å²) < 4.78 is 0. The largest absolute Gasteiger partial charge is 0.271 e. The second-order valence-corrected chi connectivity index (χ2v) is 7.24. The van der Waals surface area contributed by atoms with E-state index in [1.807, 2.05) is 0 Å². The van der Waals surface area contributed by atoms with Crippen LogP contribution in [0.4, 0.5) is 0 Å². The molecule has 3 unspecified atom stereocenters. The maximum absolute atomic E-state index is 5.99. The van der Waals surface area contributed by atoms with Gasteiger partial charge in [-0.1, -0.05) is 33.6 Å². The lowest BCUT2D eigenvalue weighted by atomic mass is 9.64. The predicted octanol–water partition coefficient (Wildman–Crippen LogP) is 3.86. The summed E-state index contributed by atoms with van der Waals surface area (Å²) in [6.45, 7) is 7.21. The lowest BCUT2D eigenvalue weighted by molar-refractivity contribution is 0.0798. The number of hydrazine groups is 1. The zero-order valence-corrected chi connectivity index (χ0v) is 12.5.